The average molecular weight is 255 g/mol. The minimum absolute atomic E-state index is 0.0572. The summed E-state index contributed by atoms with van der Waals surface area (Å²) in [6.45, 7) is 0.0715. The second kappa shape index (κ2) is 3.13. The highest BCUT2D eigenvalue weighted by molar-refractivity contribution is 7.89. The van der Waals surface area contributed by atoms with E-state index in [1.165, 1.54) is 13.1 Å². The van der Waals surface area contributed by atoms with E-state index in [4.69, 9.17) is 9.47 Å². The second-order valence-corrected chi connectivity index (χ2v) is 5.79. The molecule has 0 unspecified atom stereocenters. The van der Waals surface area contributed by atoms with Gasteiger partial charge < -0.3 is 9.47 Å². The van der Waals surface area contributed by atoms with E-state index in [-0.39, 0.29) is 18.1 Å². The zero-order valence-corrected chi connectivity index (χ0v) is 9.78. The quantitative estimate of drug-likeness (QED) is 0.658. The molecular weight excluding hydrogens is 246 g/mol. The average Bonchev–Trinajstić information content (AvgIpc) is 2.72. The summed E-state index contributed by atoms with van der Waals surface area (Å²) in [5.41, 5.74) is 0.456. The van der Waals surface area contributed by atoms with Crippen molar-refractivity contribution in [1.29, 1.82) is 0 Å². The van der Waals surface area contributed by atoms with Gasteiger partial charge in [0.1, 0.15) is 0 Å². The molecule has 1 aromatic carbocycles. The van der Waals surface area contributed by atoms with Crippen molar-refractivity contribution in [2.45, 2.75) is 11.3 Å². The number of hydrogen-bond donors (Lipinski definition) is 0. The minimum atomic E-state index is -3.74. The lowest BCUT2D eigenvalue weighted by Crippen LogP contribution is -2.38. The summed E-state index contributed by atoms with van der Waals surface area (Å²) in [7, 11) is -2.49. The Bertz CT molecular complexity index is 622. The lowest BCUT2D eigenvalue weighted by Gasteiger charge is -2.24. The summed E-state index contributed by atoms with van der Waals surface area (Å²) in [6, 6.07) is 2.97. The topological polar surface area (TPSA) is 72.9 Å². The fourth-order valence-electron chi connectivity index (χ4n) is 1.90. The van der Waals surface area contributed by atoms with E-state index in [1.54, 1.807) is 6.07 Å². The molecule has 0 aliphatic carbocycles. The van der Waals surface area contributed by atoms with Gasteiger partial charge in [0.25, 0.3) is 10.0 Å². The summed E-state index contributed by atoms with van der Waals surface area (Å²) in [5, 5.41) is 0. The number of fused-ring (bicyclic) bond motifs is 2. The van der Waals surface area contributed by atoms with Gasteiger partial charge in [-0.3, -0.25) is 4.79 Å². The first-order valence-electron chi connectivity index (χ1n) is 4.94. The SMILES string of the molecule is CN1C(=O)Cc2cc3c(cc2S1(=O)=O)OCO3. The zero-order valence-electron chi connectivity index (χ0n) is 8.97. The molecule has 17 heavy (non-hydrogen) atoms. The number of sulfonamides is 1. The molecule has 1 aromatic rings. The van der Waals surface area contributed by atoms with E-state index in [1.807, 2.05) is 0 Å². The summed E-state index contributed by atoms with van der Waals surface area (Å²) in [5.74, 6) is 0.433. The summed E-state index contributed by atoms with van der Waals surface area (Å²) < 4.78 is 35.1. The molecule has 0 saturated heterocycles. The second-order valence-electron chi connectivity index (χ2n) is 3.86. The Morgan fingerprint density at radius 3 is 2.59 bits per heavy atom. The van der Waals surface area contributed by atoms with E-state index < -0.39 is 15.9 Å². The zero-order chi connectivity index (χ0) is 12.2. The molecule has 0 radical (unpaired) electrons. The van der Waals surface area contributed by atoms with Crippen LogP contribution in [-0.4, -0.2) is 32.5 Å². The van der Waals surface area contributed by atoms with Gasteiger partial charge in [-0.1, -0.05) is 0 Å². The molecule has 0 N–H and O–H groups in total. The van der Waals surface area contributed by atoms with Crippen LogP contribution in [0.15, 0.2) is 17.0 Å². The van der Waals surface area contributed by atoms with Gasteiger partial charge in [-0.25, -0.2) is 12.7 Å². The van der Waals surface area contributed by atoms with Crippen molar-refractivity contribution < 1.29 is 22.7 Å². The molecule has 0 aromatic heterocycles. The van der Waals surface area contributed by atoms with Crippen molar-refractivity contribution in [2.75, 3.05) is 13.8 Å². The van der Waals surface area contributed by atoms with E-state index in [0.717, 1.165) is 4.31 Å². The van der Waals surface area contributed by atoms with Gasteiger partial charge in [0.15, 0.2) is 11.5 Å². The molecule has 3 rings (SSSR count). The first-order chi connectivity index (χ1) is 8.00. The van der Waals surface area contributed by atoms with Gasteiger partial charge in [0.2, 0.25) is 12.7 Å². The molecule has 1 amide bonds. The number of amides is 1. The third-order valence-electron chi connectivity index (χ3n) is 2.89. The molecule has 0 bridgehead atoms. The van der Waals surface area contributed by atoms with Gasteiger partial charge in [-0.15, -0.1) is 0 Å². The van der Waals surface area contributed by atoms with E-state index in [0.29, 0.717) is 17.1 Å². The first kappa shape index (κ1) is 10.4. The normalized spacial score (nSPS) is 20.3. The monoisotopic (exact) mass is 255 g/mol. The van der Waals surface area contributed by atoms with Crippen LogP contribution in [-0.2, 0) is 21.2 Å². The molecule has 0 atom stereocenters. The van der Waals surface area contributed by atoms with E-state index in [2.05, 4.69) is 0 Å². The van der Waals surface area contributed by atoms with Crippen molar-refractivity contribution in [3.63, 3.8) is 0 Å². The van der Waals surface area contributed by atoms with Gasteiger partial charge in [-0.2, -0.15) is 0 Å². The fourth-order valence-corrected chi connectivity index (χ4v) is 3.25. The lowest BCUT2D eigenvalue weighted by atomic mass is 10.1. The third kappa shape index (κ3) is 1.32. The molecule has 2 aliphatic heterocycles. The van der Waals surface area contributed by atoms with Crippen LogP contribution >= 0.6 is 0 Å². The molecule has 0 fully saturated rings. The highest BCUT2D eigenvalue weighted by atomic mass is 32.2. The van der Waals surface area contributed by atoms with Crippen LogP contribution in [0.5, 0.6) is 11.5 Å². The van der Waals surface area contributed by atoms with Crippen molar-refractivity contribution in [3.8, 4) is 11.5 Å². The van der Waals surface area contributed by atoms with Crippen molar-refractivity contribution >= 4 is 15.9 Å². The van der Waals surface area contributed by atoms with Crippen LogP contribution in [0, 0.1) is 0 Å². The van der Waals surface area contributed by atoms with E-state index >= 15 is 0 Å². The molecule has 2 heterocycles. The van der Waals surface area contributed by atoms with Crippen LogP contribution in [0.4, 0.5) is 0 Å². The third-order valence-corrected chi connectivity index (χ3v) is 4.75. The van der Waals surface area contributed by atoms with Gasteiger partial charge in [0, 0.05) is 13.1 Å². The molecule has 0 spiro atoms. The number of likely N-dealkylation sites (N-methyl/N-ethyl adjacent to an activating group) is 1. The molecule has 2 aliphatic rings. The Labute approximate surface area is 97.8 Å². The summed E-state index contributed by atoms with van der Waals surface area (Å²) >= 11 is 0. The van der Waals surface area contributed by atoms with Crippen molar-refractivity contribution in [2.24, 2.45) is 0 Å². The minimum Gasteiger partial charge on any atom is -0.454 e. The highest BCUT2D eigenvalue weighted by Gasteiger charge is 2.35. The highest BCUT2D eigenvalue weighted by Crippen LogP contribution is 2.39. The van der Waals surface area contributed by atoms with Crippen LogP contribution in [0.3, 0.4) is 0 Å². The maximum Gasteiger partial charge on any atom is 0.266 e. The largest absolute Gasteiger partial charge is 0.454 e. The van der Waals surface area contributed by atoms with Crippen molar-refractivity contribution in [3.05, 3.63) is 17.7 Å². The predicted molar refractivity (Wildman–Crippen MR) is 56.2 cm³/mol. The lowest BCUT2D eigenvalue weighted by molar-refractivity contribution is -0.125. The van der Waals surface area contributed by atoms with E-state index in [9.17, 15) is 13.2 Å². The van der Waals surface area contributed by atoms with Crippen LogP contribution < -0.4 is 9.47 Å². The Morgan fingerprint density at radius 1 is 1.24 bits per heavy atom. The number of benzene rings is 1. The number of rotatable bonds is 0. The van der Waals surface area contributed by atoms with Crippen LogP contribution in [0.25, 0.3) is 0 Å². The molecular formula is C10H9NO5S. The number of carbonyl (C=O) groups excluding carboxylic acids is 1. The number of nitrogens with zero attached hydrogens (tertiary/aromatic N) is 1. The smallest absolute Gasteiger partial charge is 0.266 e. The molecule has 6 nitrogen and oxygen atoms in total. The molecule has 90 valence electrons. The maximum atomic E-state index is 12.0. The van der Waals surface area contributed by atoms with Crippen LogP contribution in [0.1, 0.15) is 5.56 Å². The summed E-state index contributed by atoms with van der Waals surface area (Å²) in [6.07, 6.45) is 0.0572. The van der Waals surface area contributed by atoms with Gasteiger partial charge >= 0.3 is 0 Å². The standard InChI is InChI=1S/C10H9NO5S/c1-11-10(12)3-6-2-7-8(16-5-15-7)4-9(6)17(11,13)14/h2,4H,3,5H2,1H3. The number of hydrogen-bond acceptors (Lipinski definition) is 5. The predicted octanol–water partition coefficient (Wildman–Crippen LogP) is 0.118. The van der Waals surface area contributed by atoms with Crippen LogP contribution in [0.2, 0.25) is 0 Å². The number of carbonyl (C=O) groups is 1. The Hall–Kier alpha value is -1.76. The Balaban J connectivity index is 2.27. The maximum absolute atomic E-state index is 12.0. The first-order valence-corrected chi connectivity index (χ1v) is 6.38. The summed E-state index contributed by atoms with van der Waals surface area (Å²) in [4.78, 5) is 11.7. The van der Waals surface area contributed by atoms with Gasteiger partial charge in [0.05, 0.1) is 11.3 Å². The Kier molecular flexibility index (Phi) is 1.91. The fraction of sp³-hybridized carbons (Fsp3) is 0.300. The van der Waals surface area contributed by atoms with Gasteiger partial charge in [-0.05, 0) is 11.6 Å². The molecule has 7 heteroatoms. The number of ether oxygens (including phenoxy) is 2. The Morgan fingerprint density at radius 2 is 1.88 bits per heavy atom. The molecule has 0 saturated carbocycles. The van der Waals surface area contributed by atoms with Crippen molar-refractivity contribution in [1.82, 2.24) is 4.31 Å².